The van der Waals surface area contributed by atoms with Crippen LogP contribution in [0.2, 0.25) is 0 Å². The Labute approximate surface area is 282 Å². The number of ether oxygens (including phenoxy) is 2. The lowest BCUT2D eigenvalue weighted by atomic mass is 9.82. The fraction of sp³-hybridized carbons (Fsp3) is 0.235. The number of carbonyl (C=O) groups excluding carboxylic acids is 1. The van der Waals surface area contributed by atoms with Crippen LogP contribution in [0.25, 0.3) is 0 Å². The molecule has 0 unspecified atom stereocenters. The lowest BCUT2D eigenvalue weighted by Gasteiger charge is -2.31. The van der Waals surface area contributed by atoms with Gasteiger partial charge in [0.05, 0.1) is 6.61 Å². The number of halogens is 3. The molecule has 4 aromatic carbocycles. The van der Waals surface area contributed by atoms with E-state index in [0.29, 0.717) is 37.6 Å². The molecule has 10 heteroatoms. The Hall–Kier alpha value is -3.02. The van der Waals surface area contributed by atoms with Gasteiger partial charge in [-0.3, -0.25) is 10.2 Å². The summed E-state index contributed by atoms with van der Waals surface area (Å²) in [6.45, 7) is 1.03. The lowest BCUT2D eigenvalue weighted by molar-refractivity contribution is -0.130. The largest absolute Gasteiger partial charge is 0.494 e. The first-order chi connectivity index (χ1) is 21.4. The highest BCUT2D eigenvalue weighted by Gasteiger charge is 2.53. The number of nitrogens with one attached hydrogen (secondary N) is 2. The molecular weight excluding hydrogens is 754 g/mol. The van der Waals surface area contributed by atoms with Crippen LogP contribution in [0.5, 0.6) is 5.75 Å². The van der Waals surface area contributed by atoms with Crippen LogP contribution in [0.3, 0.4) is 0 Å². The van der Waals surface area contributed by atoms with Gasteiger partial charge in [-0.05, 0) is 72.1 Å². The van der Waals surface area contributed by atoms with Crippen molar-refractivity contribution >= 4 is 59.6 Å². The summed E-state index contributed by atoms with van der Waals surface area (Å²) in [5.74, 6) is 0.753. The molecule has 1 aliphatic heterocycles. The Morgan fingerprint density at radius 1 is 0.886 bits per heavy atom. The third kappa shape index (κ3) is 7.97. The highest BCUT2D eigenvalue weighted by molar-refractivity contribution is 9.11. The van der Waals surface area contributed by atoms with Crippen molar-refractivity contribution in [2.45, 2.75) is 30.9 Å². The van der Waals surface area contributed by atoms with E-state index in [1.165, 1.54) is 0 Å². The van der Waals surface area contributed by atoms with Gasteiger partial charge >= 0.3 is 0 Å². The Bertz CT molecular complexity index is 1580. The van der Waals surface area contributed by atoms with Gasteiger partial charge in [-0.2, -0.15) is 0 Å². The minimum atomic E-state index is -1.33. The van der Waals surface area contributed by atoms with Gasteiger partial charge < -0.3 is 14.6 Å². The van der Waals surface area contributed by atoms with Gasteiger partial charge in [-0.1, -0.05) is 90.3 Å². The predicted molar refractivity (Wildman–Crippen MR) is 183 cm³/mol. The van der Waals surface area contributed by atoms with Crippen LogP contribution in [-0.4, -0.2) is 42.2 Å². The molecular formula is C34H32Br3N3O4. The van der Waals surface area contributed by atoms with Crippen LogP contribution in [0, 0.1) is 0 Å². The average molecular weight is 786 g/mol. The number of rotatable bonds is 13. The molecule has 0 aromatic heterocycles. The fourth-order valence-corrected chi connectivity index (χ4v) is 5.99. The highest BCUT2D eigenvalue weighted by Crippen LogP contribution is 2.44. The van der Waals surface area contributed by atoms with E-state index in [1.54, 1.807) is 0 Å². The van der Waals surface area contributed by atoms with E-state index in [9.17, 15) is 4.79 Å². The number of aliphatic hydroxyl groups is 1. The molecule has 228 valence electrons. The van der Waals surface area contributed by atoms with Gasteiger partial charge in [-0.15, -0.1) is 0 Å². The van der Waals surface area contributed by atoms with E-state index >= 15 is 0 Å². The molecule has 3 N–H and O–H groups in total. The maximum Gasteiger partial charge on any atom is 0.266 e. The second-order valence-corrected chi connectivity index (χ2v) is 13.1. The molecule has 4 aromatic rings. The molecule has 1 amide bonds. The van der Waals surface area contributed by atoms with E-state index in [0.717, 1.165) is 42.1 Å². The number of carbonyl (C=O) groups is 1. The van der Waals surface area contributed by atoms with Crippen LogP contribution in [0.1, 0.15) is 34.8 Å². The smallest absolute Gasteiger partial charge is 0.266 e. The van der Waals surface area contributed by atoms with E-state index in [4.69, 9.17) is 19.6 Å². The van der Waals surface area contributed by atoms with Crippen LogP contribution in [0.4, 0.5) is 0 Å². The van der Waals surface area contributed by atoms with Crippen molar-refractivity contribution in [3.63, 3.8) is 0 Å². The Morgan fingerprint density at radius 2 is 1.55 bits per heavy atom. The van der Waals surface area contributed by atoms with E-state index in [-0.39, 0.29) is 12.5 Å². The molecule has 0 spiro atoms. The van der Waals surface area contributed by atoms with E-state index in [1.807, 2.05) is 84.9 Å². The summed E-state index contributed by atoms with van der Waals surface area (Å²) in [5.41, 5.74) is 8.40. The first-order valence-electron chi connectivity index (χ1n) is 14.3. The second kappa shape index (κ2) is 15.3. The topological polar surface area (TPSA) is 92.2 Å². The average Bonchev–Trinajstić information content (AvgIpc) is 3.42. The number of aliphatic imine (C=N–C) groups is 1. The molecule has 1 aliphatic rings. The van der Waals surface area contributed by atoms with Gasteiger partial charge in [0, 0.05) is 50.5 Å². The summed E-state index contributed by atoms with van der Waals surface area (Å²) in [5, 5.41) is 9.06. The van der Waals surface area contributed by atoms with Gasteiger partial charge in [0.25, 0.3) is 5.91 Å². The van der Waals surface area contributed by atoms with Crippen LogP contribution >= 0.6 is 47.8 Å². The number of hydrazine groups is 1. The molecule has 0 fully saturated rings. The first-order valence-corrected chi connectivity index (χ1v) is 16.6. The number of hydrogen-bond donors (Lipinski definition) is 3. The summed E-state index contributed by atoms with van der Waals surface area (Å²) >= 11 is 10.7. The highest BCUT2D eigenvalue weighted by atomic mass is 79.9. The first kappa shape index (κ1) is 32.4. The number of amides is 1. The van der Waals surface area contributed by atoms with Crippen molar-refractivity contribution in [3.8, 4) is 5.75 Å². The number of aliphatic hydroxyl groups excluding tert-OH is 1. The number of nitrogens with zero attached hydrogens (tertiary/aromatic N) is 1. The summed E-state index contributed by atoms with van der Waals surface area (Å²) in [4.78, 5) is 19.4. The molecule has 0 aliphatic carbocycles. The molecule has 7 nitrogen and oxygen atoms in total. The zero-order chi connectivity index (χ0) is 30.9. The van der Waals surface area contributed by atoms with E-state index < -0.39 is 11.6 Å². The summed E-state index contributed by atoms with van der Waals surface area (Å²) in [6.07, 6.45) is 0.873. The van der Waals surface area contributed by atoms with Gasteiger partial charge in [-0.25, -0.2) is 10.4 Å². The van der Waals surface area contributed by atoms with Gasteiger partial charge in [0.2, 0.25) is 5.90 Å². The van der Waals surface area contributed by atoms with Crippen LogP contribution in [0.15, 0.2) is 115 Å². The zero-order valence-corrected chi connectivity index (χ0v) is 28.6. The maximum absolute atomic E-state index is 14.3. The van der Waals surface area contributed by atoms with Crippen molar-refractivity contribution in [1.82, 2.24) is 10.9 Å². The third-order valence-corrected chi connectivity index (χ3v) is 9.04. The molecule has 44 heavy (non-hydrogen) atoms. The van der Waals surface area contributed by atoms with E-state index in [2.05, 4.69) is 70.8 Å². The summed E-state index contributed by atoms with van der Waals surface area (Å²) in [6, 6.07) is 31.2. The predicted octanol–water partition coefficient (Wildman–Crippen LogP) is 7.10. The molecule has 0 bridgehead atoms. The minimum absolute atomic E-state index is 0.0702. The second-order valence-electron chi connectivity index (χ2n) is 10.4. The zero-order valence-electron chi connectivity index (χ0n) is 23.8. The fourth-order valence-electron chi connectivity index (χ4n) is 4.97. The molecule has 5 rings (SSSR count). The van der Waals surface area contributed by atoms with Crippen LogP contribution < -0.4 is 15.6 Å². The Morgan fingerprint density at radius 3 is 2.20 bits per heavy atom. The van der Waals surface area contributed by atoms with Crippen molar-refractivity contribution < 1.29 is 19.4 Å². The van der Waals surface area contributed by atoms with Crippen molar-refractivity contribution in [2.24, 2.45) is 4.99 Å². The third-order valence-electron chi connectivity index (χ3n) is 7.26. The quantitative estimate of drug-likeness (QED) is 0.0995. The monoisotopic (exact) mass is 783 g/mol. The van der Waals surface area contributed by atoms with Gasteiger partial charge in [0.15, 0.2) is 11.6 Å². The SMILES string of the molecule is O=C(NNCCc1ccc(Br)cc1)[C@@]1(Cc2ccc(Br)cc2)N=C(c2ccc(OCCCO)cc2)O[C@H]1c1ccccc1Br. The number of benzene rings is 4. The maximum atomic E-state index is 14.3. The molecule has 0 saturated heterocycles. The van der Waals surface area contributed by atoms with Crippen molar-refractivity contribution in [1.29, 1.82) is 0 Å². The summed E-state index contributed by atoms with van der Waals surface area (Å²) < 4.78 is 15.1. The van der Waals surface area contributed by atoms with Crippen LogP contribution in [-0.2, 0) is 22.4 Å². The minimum Gasteiger partial charge on any atom is -0.494 e. The Balaban J connectivity index is 1.47. The van der Waals surface area contributed by atoms with Gasteiger partial charge in [0.1, 0.15) is 5.75 Å². The molecule has 0 radical (unpaired) electrons. The van der Waals surface area contributed by atoms with Crippen molar-refractivity contribution in [2.75, 3.05) is 19.8 Å². The molecule has 2 atom stereocenters. The summed E-state index contributed by atoms with van der Waals surface area (Å²) in [7, 11) is 0. The normalized spacial score (nSPS) is 17.5. The lowest BCUT2D eigenvalue weighted by Crippen LogP contribution is -2.54. The molecule has 1 heterocycles. The molecule has 0 saturated carbocycles. The number of hydrogen-bond acceptors (Lipinski definition) is 6. The van der Waals surface area contributed by atoms with Crippen molar-refractivity contribution in [3.05, 3.63) is 133 Å². The standard InChI is InChI=1S/C34H32Br3N3O4/c35-26-12-6-23(7-13-26)18-19-38-40-33(42)34(22-24-8-14-27(36)15-9-24)31(29-4-1-2-5-30(29)37)44-32(39-34)25-10-16-28(17-11-25)43-21-3-20-41/h1-2,4-17,31,38,41H,3,18-22H2,(H,40,42)/t31-,34-/m0/s1. The Kier molecular flexibility index (Phi) is 11.3.